The van der Waals surface area contributed by atoms with Gasteiger partial charge in [0.25, 0.3) is 0 Å². The Morgan fingerprint density at radius 2 is 2.50 bits per heavy atom. The summed E-state index contributed by atoms with van der Waals surface area (Å²) in [6.45, 7) is 2.28. The fourth-order valence-corrected chi connectivity index (χ4v) is 0.656. The number of rotatable bonds is 2. The highest BCUT2D eigenvalue weighted by Gasteiger charge is 1.98. The third-order valence-corrected chi connectivity index (χ3v) is 1.06. The fourth-order valence-electron chi connectivity index (χ4n) is 0.656. The first-order valence-electron chi connectivity index (χ1n) is 3.13. The molecule has 10 heavy (non-hydrogen) atoms. The van der Waals surface area contributed by atoms with Crippen LogP contribution in [0.5, 0.6) is 5.75 Å². The predicted octanol–water partition coefficient (Wildman–Crippen LogP) is 2.02. The first-order valence-corrected chi connectivity index (χ1v) is 3.13. The third-order valence-electron chi connectivity index (χ3n) is 1.06. The molecule has 0 aromatic heterocycles. The standard InChI is InChI=1S/C8H8FO/c1-2-10-8-6-4-3-5-7(8)9/h3-5H,2H2,1H3. The quantitative estimate of drug-likeness (QED) is 0.609. The van der Waals surface area contributed by atoms with Crippen molar-refractivity contribution in [3.63, 3.8) is 0 Å². The van der Waals surface area contributed by atoms with Crippen LogP contribution in [0.15, 0.2) is 18.2 Å². The molecule has 2 heteroatoms. The molecule has 0 fully saturated rings. The minimum Gasteiger partial charge on any atom is -0.490 e. The van der Waals surface area contributed by atoms with Crippen LogP contribution in [0.4, 0.5) is 4.39 Å². The van der Waals surface area contributed by atoms with Gasteiger partial charge in [-0.3, -0.25) is 0 Å². The van der Waals surface area contributed by atoms with E-state index in [1.54, 1.807) is 19.1 Å². The van der Waals surface area contributed by atoms with Crippen LogP contribution >= 0.6 is 0 Å². The molecular weight excluding hydrogens is 131 g/mol. The summed E-state index contributed by atoms with van der Waals surface area (Å²) in [5.74, 6) is -0.158. The molecule has 1 aromatic rings. The van der Waals surface area contributed by atoms with Gasteiger partial charge in [0.05, 0.1) is 6.61 Å². The lowest BCUT2D eigenvalue weighted by Gasteiger charge is -2.01. The van der Waals surface area contributed by atoms with Crippen molar-refractivity contribution in [2.45, 2.75) is 6.92 Å². The van der Waals surface area contributed by atoms with Crippen LogP contribution in [-0.2, 0) is 0 Å². The van der Waals surface area contributed by atoms with Crippen molar-refractivity contribution < 1.29 is 9.13 Å². The van der Waals surface area contributed by atoms with E-state index in [2.05, 4.69) is 6.07 Å². The first-order chi connectivity index (χ1) is 4.84. The zero-order valence-corrected chi connectivity index (χ0v) is 5.73. The van der Waals surface area contributed by atoms with Gasteiger partial charge in [-0.05, 0) is 13.0 Å². The van der Waals surface area contributed by atoms with Gasteiger partial charge in [0.15, 0.2) is 11.6 Å². The lowest BCUT2D eigenvalue weighted by Crippen LogP contribution is -1.93. The molecule has 0 N–H and O–H groups in total. The molecule has 0 aliphatic rings. The van der Waals surface area contributed by atoms with Gasteiger partial charge in [0.1, 0.15) is 0 Å². The van der Waals surface area contributed by atoms with Gasteiger partial charge in [0.2, 0.25) is 0 Å². The Balaban J connectivity index is 2.81. The molecule has 1 aromatic carbocycles. The van der Waals surface area contributed by atoms with Crippen molar-refractivity contribution in [3.8, 4) is 5.75 Å². The van der Waals surface area contributed by atoms with Crippen molar-refractivity contribution in [2.24, 2.45) is 0 Å². The molecule has 0 aliphatic heterocycles. The molecule has 0 atom stereocenters. The molecule has 0 saturated carbocycles. The number of halogens is 1. The highest BCUT2D eigenvalue weighted by Crippen LogP contribution is 2.13. The second-order valence-corrected chi connectivity index (χ2v) is 1.78. The van der Waals surface area contributed by atoms with Gasteiger partial charge in [-0.25, -0.2) is 4.39 Å². The second kappa shape index (κ2) is 3.20. The maximum absolute atomic E-state index is 12.6. The van der Waals surface area contributed by atoms with E-state index in [0.29, 0.717) is 6.61 Å². The Morgan fingerprint density at radius 1 is 1.70 bits per heavy atom. The Morgan fingerprint density at radius 3 is 3.10 bits per heavy atom. The van der Waals surface area contributed by atoms with E-state index in [1.807, 2.05) is 0 Å². The van der Waals surface area contributed by atoms with Crippen molar-refractivity contribution in [2.75, 3.05) is 6.61 Å². The highest BCUT2D eigenvalue weighted by molar-refractivity contribution is 5.21. The maximum Gasteiger partial charge on any atom is 0.165 e. The Bertz CT molecular complexity index is 210. The van der Waals surface area contributed by atoms with Crippen molar-refractivity contribution in [3.05, 3.63) is 30.1 Å². The minimum absolute atomic E-state index is 0.199. The van der Waals surface area contributed by atoms with E-state index in [-0.39, 0.29) is 11.6 Å². The van der Waals surface area contributed by atoms with E-state index in [0.717, 1.165) is 0 Å². The molecule has 0 aliphatic carbocycles. The average molecular weight is 139 g/mol. The number of hydrogen-bond acceptors (Lipinski definition) is 1. The number of para-hydroxylation sites is 1. The van der Waals surface area contributed by atoms with Crippen LogP contribution in [0.1, 0.15) is 6.92 Å². The summed E-state index contributed by atoms with van der Waals surface area (Å²) < 4.78 is 17.5. The summed E-state index contributed by atoms with van der Waals surface area (Å²) in [5, 5.41) is 0. The van der Waals surface area contributed by atoms with Gasteiger partial charge < -0.3 is 4.74 Å². The Labute approximate surface area is 59.4 Å². The van der Waals surface area contributed by atoms with Crippen molar-refractivity contribution in [1.29, 1.82) is 0 Å². The lowest BCUT2D eigenvalue weighted by atomic mass is 10.3. The van der Waals surface area contributed by atoms with E-state index >= 15 is 0 Å². The molecule has 53 valence electrons. The smallest absolute Gasteiger partial charge is 0.165 e. The summed E-state index contributed by atoms with van der Waals surface area (Å²) in [4.78, 5) is 0. The molecule has 0 saturated heterocycles. The molecule has 0 heterocycles. The second-order valence-electron chi connectivity index (χ2n) is 1.78. The summed E-state index contributed by atoms with van der Waals surface area (Å²) in [6.07, 6.45) is 0. The summed E-state index contributed by atoms with van der Waals surface area (Å²) in [7, 11) is 0. The van der Waals surface area contributed by atoms with E-state index in [4.69, 9.17) is 4.74 Å². The Kier molecular flexibility index (Phi) is 2.26. The van der Waals surface area contributed by atoms with Gasteiger partial charge in [-0.1, -0.05) is 12.1 Å². The molecule has 0 unspecified atom stereocenters. The van der Waals surface area contributed by atoms with Crippen LogP contribution in [-0.4, -0.2) is 6.61 Å². The van der Waals surface area contributed by atoms with Gasteiger partial charge in [0, 0.05) is 6.07 Å². The zero-order chi connectivity index (χ0) is 7.40. The van der Waals surface area contributed by atoms with Gasteiger partial charge >= 0.3 is 0 Å². The normalized spacial score (nSPS) is 9.40. The van der Waals surface area contributed by atoms with Crippen LogP contribution < -0.4 is 4.74 Å². The Hall–Kier alpha value is -1.05. The zero-order valence-electron chi connectivity index (χ0n) is 5.73. The molecular formula is C8H8FO. The van der Waals surface area contributed by atoms with E-state index < -0.39 is 0 Å². The van der Waals surface area contributed by atoms with Crippen molar-refractivity contribution >= 4 is 0 Å². The predicted molar refractivity (Wildman–Crippen MR) is 36.4 cm³/mol. The minimum atomic E-state index is -0.357. The number of hydrogen-bond donors (Lipinski definition) is 0. The molecule has 1 rings (SSSR count). The molecule has 0 bridgehead atoms. The molecule has 1 nitrogen and oxygen atoms in total. The van der Waals surface area contributed by atoms with Crippen LogP contribution in [0.3, 0.4) is 0 Å². The lowest BCUT2D eigenvalue weighted by molar-refractivity contribution is 0.321. The first kappa shape index (κ1) is 7.06. The monoisotopic (exact) mass is 139 g/mol. The summed E-state index contributed by atoms with van der Waals surface area (Å²) in [5.41, 5.74) is 0. The largest absolute Gasteiger partial charge is 0.490 e. The topological polar surface area (TPSA) is 9.23 Å². The highest BCUT2D eigenvalue weighted by atomic mass is 19.1. The van der Waals surface area contributed by atoms with Gasteiger partial charge in [-0.15, -0.1) is 0 Å². The van der Waals surface area contributed by atoms with E-state index in [1.165, 1.54) is 6.07 Å². The number of ether oxygens (including phenoxy) is 1. The van der Waals surface area contributed by atoms with E-state index in [9.17, 15) is 4.39 Å². The third kappa shape index (κ3) is 1.47. The molecule has 0 amide bonds. The average Bonchev–Trinajstić information content (AvgIpc) is 1.94. The van der Waals surface area contributed by atoms with Gasteiger partial charge in [-0.2, -0.15) is 0 Å². The fraction of sp³-hybridized carbons (Fsp3) is 0.250. The maximum atomic E-state index is 12.6. The SMILES string of the molecule is CCOc1[c]cccc1F. The van der Waals surface area contributed by atoms with Crippen LogP contribution in [0, 0.1) is 11.9 Å². The summed E-state index contributed by atoms with van der Waals surface area (Å²) >= 11 is 0. The molecule has 0 spiro atoms. The molecule has 1 radical (unpaired) electrons. The van der Waals surface area contributed by atoms with Crippen LogP contribution in [0.25, 0.3) is 0 Å². The van der Waals surface area contributed by atoms with Crippen LogP contribution in [0.2, 0.25) is 0 Å². The summed E-state index contributed by atoms with van der Waals surface area (Å²) in [6, 6.07) is 7.19. The number of benzene rings is 1. The van der Waals surface area contributed by atoms with Crippen molar-refractivity contribution in [1.82, 2.24) is 0 Å².